The van der Waals surface area contributed by atoms with E-state index in [0.29, 0.717) is 12.6 Å². The summed E-state index contributed by atoms with van der Waals surface area (Å²) in [5, 5.41) is 4.40. The molecule has 0 radical (unpaired) electrons. The van der Waals surface area contributed by atoms with Crippen LogP contribution in [0.15, 0.2) is 35.1 Å². The second kappa shape index (κ2) is 7.62. The molecule has 130 valence electrons. The monoisotopic (exact) mass is 345 g/mol. The zero-order valence-electron chi connectivity index (χ0n) is 14.8. The fourth-order valence-corrected chi connectivity index (χ4v) is 4.73. The maximum Gasteiger partial charge on any atom is 0.276 e. The number of para-hydroxylation sites is 1. The number of nitrogens with zero attached hydrogens (tertiary/aromatic N) is 2. The van der Waals surface area contributed by atoms with Crippen LogP contribution in [-0.2, 0) is 13.6 Å². The Morgan fingerprint density at radius 1 is 1.25 bits per heavy atom. The van der Waals surface area contributed by atoms with E-state index in [9.17, 15) is 4.79 Å². The van der Waals surface area contributed by atoms with Gasteiger partial charge in [-0.3, -0.25) is 9.48 Å². The normalized spacial score (nSPS) is 20.6. The summed E-state index contributed by atoms with van der Waals surface area (Å²) < 4.78 is 3.72. The SMILES string of the molecule is CCSC1CCC(NCc2c(C)n(C)n(-c3ccccc3)c2=O)C1. The number of nitrogens with one attached hydrogen (secondary N) is 1. The van der Waals surface area contributed by atoms with Crippen LogP contribution in [-0.4, -0.2) is 26.4 Å². The highest BCUT2D eigenvalue weighted by atomic mass is 32.2. The molecule has 0 spiro atoms. The second-order valence-corrected chi connectivity index (χ2v) is 8.09. The van der Waals surface area contributed by atoms with Gasteiger partial charge < -0.3 is 5.32 Å². The molecular weight excluding hydrogens is 318 g/mol. The summed E-state index contributed by atoms with van der Waals surface area (Å²) in [5.74, 6) is 1.19. The third-order valence-corrected chi connectivity index (χ3v) is 6.26. The van der Waals surface area contributed by atoms with Gasteiger partial charge in [0.1, 0.15) is 0 Å². The molecule has 1 saturated carbocycles. The molecular formula is C19H27N3OS. The molecule has 1 N–H and O–H groups in total. The Labute approximate surface area is 148 Å². The Hall–Kier alpha value is -1.46. The maximum absolute atomic E-state index is 12.9. The van der Waals surface area contributed by atoms with Gasteiger partial charge in [0.25, 0.3) is 5.56 Å². The first-order valence-corrected chi connectivity index (χ1v) is 9.84. The van der Waals surface area contributed by atoms with Crippen molar-refractivity contribution in [3.05, 3.63) is 51.9 Å². The van der Waals surface area contributed by atoms with Crippen LogP contribution in [0.5, 0.6) is 0 Å². The third kappa shape index (κ3) is 3.47. The zero-order chi connectivity index (χ0) is 17.1. The first-order valence-electron chi connectivity index (χ1n) is 8.79. The Kier molecular flexibility index (Phi) is 5.51. The Balaban J connectivity index is 1.74. The van der Waals surface area contributed by atoms with Gasteiger partial charge >= 0.3 is 0 Å². The summed E-state index contributed by atoms with van der Waals surface area (Å²) in [7, 11) is 1.96. The summed E-state index contributed by atoms with van der Waals surface area (Å²) in [6, 6.07) is 10.4. The van der Waals surface area contributed by atoms with Gasteiger partial charge in [-0.2, -0.15) is 11.8 Å². The molecule has 1 aliphatic rings. The van der Waals surface area contributed by atoms with E-state index < -0.39 is 0 Å². The average Bonchev–Trinajstić information content (AvgIpc) is 3.11. The van der Waals surface area contributed by atoms with Crippen molar-refractivity contribution < 1.29 is 0 Å². The minimum absolute atomic E-state index is 0.0891. The van der Waals surface area contributed by atoms with Crippen LogP contribution in [0.4, 0.5) is 0 Å². The first kappa shape index (κ1) is 17.4. The molecule has 2 atom stereocenters. The van der Waals surface area contributed by atoms with E-state index in [-0.39, 0.29) is 5.56 Å². The standard InChI is InChI=1S/C19H27N3OS/c1-4-24-17-11-10-15(12-17)20-13-18-14(2)21(3)22(19(18)23)16-8-6-5-7-9-16/h5-9,15,17,20H,4,10-13H2,1-3H3. The number of rotatable bonds is 6. The van der Waals surface area contributed by atoms with Crippen LogP contribution in [0, 0.1) is 6.92 Å². The smallest absolute Gasteiger partial charge is 0.276 e. The van der Waals surface area contributed by atoms with Crippen molar-refractivity contribution in [2.45, 2.75) is 50.9 Å². The van der Waals surface area contributed by atoms with E-state index in [1.165, 1.54) is 25.0 Å². The molecule has 0 bridgehead atoms. The highest BCUT2D eigenvalue weighted by Crippen LogP contribution is 2.29. The van der Waals surface area contributed by atoms with Gasteiger partial charge in [0, 0.05) is 30.6 Å². The molecule has 24 heavy (non-hydrogen) atoms. The molecule has 3 rings (SSSR count). The molecule has 5 heteroatoms. The number of aromatic nitrogens is 2. The lowest BCUT2D eigenvalue weighted by Gasteiger charge is -2.12. The quantitative estimate of drug-likeness (QED) is 0.873. The molecule has 1 aromatic heterocycles. The van der Waals surface area contributed by atoms with Crippen LogP contribution >= 0.6 is 11.8 Å². The number of hydrogen-bond acceptors (Lipinski definition) is 3. The molecule has 4 nitrogen and oxygen atoms in total. The molecule has 0 aliphatic heterocycles. The summed E-state index contributed by atoms with van der Waals surface area (Å²) in [4.78, 5) is 12.9. The van der Waals surface area contributed by atoms with Gasteiger partial charge in [0.15, 0.2) is 0 Å². The molecule has 1 aromatic carbocycles. The van der Waals surface area contributed by atoms with Gasteiger partial charge in [-0.05, 0) is 44.1 Å². The van der Waals surface area contributed by atoms with E-state index in [2.05, 4.69) is 24.0 Å². The zero-order valence-corrected chi connectivity index (χ0v) is 15.6. The maximum atomic E-state index is 12.9. The highest BCUT2D eigenvalue weighted by molar-refractivity contribution is 7.99. The molecule has 1 aliphatic carbocycles. The minimum Gasteiger partial charge on any atom is -0.310 e. The lowest BCUT2D eigenvalue weighted by atomic mass is 10.2. The van der Waals surface area contributed by atoms with Gasteiger partial charge in [-0.1, -0.05) is 25.1 Å². The highest BCUT2D eigenvalue weighted by Gasteiger charge is 2.25. The van der Waals surface area contributed by atoms with Crippen LogP contribution in [0.3, 0.4) is 0 Å². The predicted octanol–water partition coefficient (Wildman–Crippen LogP) is 3.25. The molecule has 2 unspecified atom stereocenters. The fourth-order valence-electron chi connectivity index (χ4n) is 3.59. The number of hydrogen-bond donors (Lipinski definition) is 1. The lowest BCUT2D eigenvalue weighted by molar-refractivity contribution is 0.523. The molecule has 2 aromatic rings. The van der Waals surface area contributed by atoms with Crippen LogP contribution in [0.1, 0.15) is 37.4 Å². The van der Waals surface area contributed by atoms with Crippen LogP contribution < -0.4 is 10.9 Å². The first-order chi connectivity index (χ1) is 11.6. The molecule has 0 amide bonds. The number of thioether (sulfide) groups is 1. The Bertz CT molecular complexity index is 735. The third-order valence-electron chi connectivity index (χ3n) is 5.03. The summed E-state index contributed by atoms with van der Waals surface area (Å²) in [6.07, 6.45) is 3.73. The summed E-state index contributed by atoms with van der Waals surface area (Å²) >= 11 is 2.06. The predicted molar refractivity (Wildman–Crippen MR) is 102 cm³/mol. The summed E-state index contributed by atoms with van der Waals surface area (Å²) in [5.41, 5.74) is 2.92. The van der Waals surface area contributed by atoms with Gasteiger partial charge in [-0.15, -0.1) is 0 Å². The molecule has 0 saturated heterocycles. The van der Waals surface area contributed by atoms with Gasteiger partial charge in [-0.25, -0.2) is 4.68 Å². The minimum atomic E-state index is 0.0891. The number of benzene rings is 1. The van der Waals surface area contributed by atoms with E-state index in [0.717, 1.165) is 22.2 Å². The van der Waals surface area contributed by atoms with Crippen molar-refractivity contribution in [2.24, 2.45) is 7.05 Å². The molecule has 1 fully saturated rings. The van der Waals surface area contributed by atoms with Crippen molar-refractivity contribution in [3.8, 4) is 5.69 Å². The van der Waals surface area contributed by atoms with Crippen molar-refractivity contribution in [1.29, 1.82) is 0 Å². The van der Waals surface area contributed by atoms with Crippen LogP contribution in [0.25, 0.3) is 5.69 Å². The Morgan fingerprint density at radius 2 is 2.00 bits per heavy atom. The second-order valence-electron chi connectivity index (χ2n) is 6.51. The van der Waals surface area contributed by atoms with Crippen molar-refractivity contribution in [3.63, 3.8) is 0 Å². The topological polar surface area (TPSA) is 39.0 Å². The van der Waals surface area contributed by atoms with E-state index in [4.69, 9.17) is 0 Å². The molecule has 1 heterocycles. The summed E-state index contributed by atoms with van der Waals surface area (Å²) in [6.45, 7) is 4.92. The lowest BCUT2D eigenvalue weighted by Crippen LogP contribution is -2.29. The van der Waals surface area contributed by atoms with E-state index in [1.54, 1.807) is 4.68 Å². The van der Waals surface area contributed by atoms with Crippen molar-refractivity contribution in [1.82, 2.24) is 14.7 Å². The largest absolute Gasteiger partial charge is 0.310 e. The van der Waals surface area contributed by atoms with E-state index >= 15 is 0 Å². The van der Waals surface area contributed by atoms with Crippen molar-refractivity contribution >= 4 is 11.8 Å². The average molecular weight is 346 g/mol. The fraction of sp³-hybridized carbons (Fsp3) is 0.526. The van der Waals surface area contributed by atoms with E-state index in [1.807, 2.05) is 49.0 Å². The van der Waals surface area contributed by atoms with Crippen molar-refractivity contribution in [2.75, 3.05) is 5.75 Å². The van der Waals surface area contributed by atoms with Gasteiger partial charge in [0.2, 0.25) is 0 Å². The van der Waals surface area contributed by atoms with Crippen LogP contribution in [0.2, 0.25) is 0 Å². The van der Waals surface area contributed by atoms with Gasteiger partial charge in [0.05, 0.1) is 11.3 Å². The Morgan fingerprint density at radius 3 is 2.71 bits per heavy atom.